The Balaban J connectivity index is 0.000000112. The van der Waals surface area contributed by atoms with Crippen molar-refractivity contribution in [1.29, 1.82) is 0 Å². The Morgan fingerprint density at radius 1 is 0.818 bits per heavy atom. The van der Waals surface area contributed by atoms with Crippen molar-refractivity contribution in [3.8, 4) is 0 Å². The molecule has 0 saturated heterocycles. The summed E-state index contributed by atoms with van der Waals surface area (Å²) < 4.78 is 0. The summed E-state index contributed by atoms with van der Waals surface area (Å²) in [5, 5.41) is 17.1. The lowest BCUT2D eigenvalue weighted by Crippen LogP contribution is -1.78. The molecule has 6 heteroatoms. The van der Waals surface area contributed by atoms with Crippen molar-refractivity contribution in [2.24, 2.45) is 0 Å². The first-order chi connectivity index (χ1) is 5.50. The summed E-state index contributed by atoms with van der Waals surface area (Å²) in [5.41, 5.74) is 3.36. The van der Waals surface area contributed by atoms with Gasteiger partial charge in [0.25, 0.3) is 0 Å². The van der Waals surface area contributed by atoms with Crippen LogP contribution >= 0.6 is 11.3 Å². The summed E-state index contributed by atoms with van der Waals surface area (Å²) in [5.74, 6) is 0. The third-order valence-corrected chi connectivity index (χ3v) is 1.12. The zero-order valence-corrected chi connectivity index (χ0v) is 6.35. The van der Waals surface area contributed by atoms with E-state index in [1.165, 1.54) is 11.3 Å². The van der Waals surface area contributed by atoms with Crippen molar-refractivity contribution in [3.05, 3.63) is 29.5 Å². The van der Waals surface area contributed by atoms with E-state index in [1.54, 1.807) is 29.5 Å². The number of hydrogen-bond acceptors (Lipinski definition) is 6. The molecule has 2 heterocycles. The lowest BCUT2D eigenvalue weighted by molar-refractivity contribution is 0.865. The molecular formula is C5H5N5S. The topological polar surface area (TPSA) is 64.5 Å². The summed E-state index contributed by atoms with van der Waals surface area (Å²) in [6.45, 7) is 0. The van der Waals surface area contributed by atoms with Crippen LogP contribution in [0.2, 0.25) is 0 Å². The van der Waals surface area contributed by atoms with Gasteiger partial charge >= 0.3 is 0 Å². The second-order valence-corrected chi connectivity index (χ2v) is 2.08. The quantitative estimate of drug-likeness (QED) is 0.568. The van der Waals surface area contributed by atoms with Crippen molar-refractivity contribution in [3.63, 3.8) is 0 Å². The molecule has 0 saturated carbocycles. The Labute approximate surface area is 67.1 Å². The normalized spacial score (nSPS) is 8.00. The highest BCUT2D eigenvalue weighted by molar-refractivity contribution is 7.07. The van der Waals surface area contributed by atoms with Crippen LogP contribution in [0.3, 0.4) is 0 Å². The summed E-state index contributed by atoms with van der Waals surface area (Å²) in [6, 6.07) is 1.72. The Morgan fingerprint density at radius 2 is 1.45 bits per heavy atom. The van der Waals surface area contributed by atoms with Crippen LogP contribution in [-0.4, -0.2) is 25.6 Å². The molecule has 56 valence electrons. The van der Waals surface area contributed by atoms with Gasteiger partial charge in [0.1, 0.15) is 11.0 Å². The van der Waals surface area contributed by atoms with E-state index < -0.39 is 0 Å². The molecule has 2 aromatic heterocycles. The summed E-state index contributed by atoms with van der Waals surface area (Å²) in [7, 11) is 0. The first-order valence-corrected chi connectivity index (χ1v) is 3.71. The minimum absolute atomic E-state index is 1.49. The van der Waals surface area contributed by atoms with E-state index in [9.17, 15) is 0 Å². The van der Waals surface area contributed by atoms with Gasteiger partial charge in [-0.3, -0.25) is 0 Å². The van der Waals surface area contributed by atoms with Gasteiger partial charge in [0.05, 0.1) is 12.4 Å². The van der Waals surface area contributed by atoms with E-state index in [2.05, 4.69) is 25.6 Å². The van der Waals surface area contributed by atoms with E-state index >= 15 is 0 Å². The molecule has 0 atom stereocenters. The van der Waals surface area contributed by atoms with E-state index in [0.717, 1.165) is 0 Å². The van der Waals surface area contributed by atoms with Crippen LogP contribution in [-0.2, 0) is 0 Å². The maximum absolute atomic E-state index is 3.49. The highest BCUT2D eigenvalue weighted by Gasteiger charge is 1.61. The average Bonchev–Trinajstić information content (AvgIpc) is 2.64. The average molecular weight is 167 g/mol. The summed E-state index contributed by atoms with van der Waals surface area (Å²) in [4.78, 5) is 0. The molecule has 2 aromatic rings. The zero-order valence-electron chi connectivity index (χ0n) is 5.53. The molecule has 11 heavy (non-hydrogen) atoms. The Hall–Kier alpha value is -1.43. The third-order valence-electron chi connectivity index (χ3n) is 0.691. The van der Waals surface area contributed by atoms with Crippen LogP contribution in [0.5, 0.6) is 0 Å². The van der Waals surface area contributed by atoms with Crippen molar-refractivity contribution < 1.29 is 0 Å². The molecule has 0 unspecified atom stereocenters. The second kappa shape index (κ2) is 5.36. The second-order valence-electron chi connectivity index (χ2n) is 1.39. The highest BCUT2D eigenvalue weighted by atomic mass is 32.1. The van der Waals surface area contributed by atoms with Gasteiger partial charge < -0.3 is 0 Å². The predicted octanol–water partition coefficient (Wildman–Crippen LogP) is 0.410. The summed E-state index contributed by atoms with van der Waals surface area (Å²) >= 11 is 1.49. The molecule has 2 rings (SSSR count). The first kappa shape index (κ1) is 7.67. The number of rotatable bonds is 0. The molecule has 0 aromatic carbocycles. The van der Waals surface area contributed by atoms with Gasteiger partial charge in [0, 0.05) is 0 Å². The van der Waals surface area contributed by atoms with Crippen LogP contribution in [0.1, 0.15) is 0 Å². The van der Waals surface area contributed by atoms with Gasteiger partial charge in [0.2, 0.25) is 0 Å². The van der Waals surface area contributed by atoms with Gasteiger partial charge in [0.15, 0.2) is 0 Å². The molecule has 0 radical (unpaired) electrons. The van der Waals surface area contributed by atoms with Crippen LogP contribution in [0.4, 0.5) is 0 Å². The maximum atomic E-state index is 3.49. The largest absolute Gasteiger partial charge is 0.147 e. The molecule has 0 aliphatic heterocycles. The van der Waals surface area contributed by atoms with E-state index in [1.807, 2.05) is 0 Å². The number of hydrogen-bond donors (Lipinski definition) is 0. The lowest BCUT2D eigenvalue weighted by Gasteiger charge is -1.68. The zero-order chi connectivity index (χ0) is 7.78. The standard InChI is InChI=1S/C3H3N3.C2H2N2S/c1-2-4-6-5-3-1;1-3-4-2-5-1/h1-3H;1-2H. The lowest BCUT2D eigenvalue weighted by atomic mass is 10.7. The molecular weight excluding hydrogens is 162 g/mol. The summed E-state index contributed by atoms with van der Waals surface area (Å²) in [6.07, 6.45) is 3.15. The predicted molar refractivity (Wildman–Crippen MR) is 39.7 cm³/mol. The molecule has 0 bridgehead atoms. The molecule has 0 N–H and O–H groups in total. The van der Waals surface area contributed by atoms with E-state index in [4.69, 9.17) is 0 Å². The minimum Gasteiger partial charge on any atom is -0.147 e. The van der Waals surface area contributed by atoms with Crippen molar-refractivity contribution in [1.82, 2.24) is 25.6 Å². The smallest absolute Gasteiger partial charge is 0.103 e. The fraction of sp³-hybridized carbons (Fsp3) is 0. The highest BCUT2D eigenvalue weighted by Crippen LogP contribution is 1.80. The van der Waals surface area contributed by atoms with Gasteiger partial charge in [-0.1, -0.05) is 0 Å². The van der Waals surface area contributed by atoms with Crippen LogP contribution in [0, 0.1) is 0 Å². The van der Waals surface area contributed by atoms with Gasteiger partial charge in [-0.15, -0.1) is 31.7 Å². The maximum Gasteiger partial charge on any atom is 0.103 e. The SMILES string of the molecule is c1cnnnc1.c1nncs1. The molecule has 0 fully saturated rings. The van der Waals surface area contributed by atoms with Crippen molar-refractivity contribution >= 4 is 11.3 Å². The van der Waals surface area contributed by atoms with Gasteiger partial charge in [-0.25, -0.2) is 0 Å². The Bertz CT molecular complexity index is 201. The van der Waals surface area contributed by atoms with Gasteiger partial charge in [-0.2, -0.15) is 0 Å². The van der Waals surface area contributed by atoms with Gasteiger partial charge in [-0.05, 0) is 11.3 Å². The molecule has 0 aliphatic carbocycles. The first-order valence-electron chi connectivity index (χ1n) is 2.77. The fourth-order valence-corrected chi connectivity index (χ4v) is 0.613. The fourth-order valence-electron chi connectivity index (χ4n) is 0.341. The molecule has 0 spiro atoms. The minimum atomic E-state index is 1.49. The monoisotopic (exact) mass is 167 g/mol. The van der Waals surface area contributed by atoms with Crippen molar-refractivity contribution in [2.45, 2.75) is 0 Å². The number of aromatic nitrogens is 5. The van der Waals surface area contributed by atoms with Crippen LogP contribution < -0.4 is 0 Å². The van der Waals surface area contributed by atoms with E-state index in [-0.39, 0.29) is 0 Å². The van der Waals surface area contributed by atoms with Crippen LogP contribution in [0.15, 0.2) is 29.5 Å². The van der Waals surface area contributed by atoms with Crippen LogP contribution in [0.25, 0.3) is 0 Å². The Morgan fingerprint density at radius 3 is 1.64 bits per heavy atom. The molecule has 0 aliphatic rings. The third kappa shape index (κ3) is 4.04. The molecule has 0 amide bonds. The Kier molecular flexibility index (Phi) is 3.74. The van der Waals surface area contributed by atoms with Crippen molar-refractivity contribution in [2.75, 3.05) is 0 Å². The van der Waals surface area contributed by atoms with E-state index in [0.29, 0.717) is 0 Å². The molecule has 5 nitrogen and oxygen atoms in total. The number of nitrogens with zero attached hydrogens (tertiary/aromatic N) is 5.